The lowest BCUT2D eigenvalue weighted by Crippen LogP contribution is -2.48. The number of hydrogen-bond acceptors (Lipinski definition) is 4. The van der Waals surface area contributed by atoms with Crippen LogP contribution < -0.4 is 10.2 Å². The number of carbonyl (C=O) groups excluding carboxylic acids is 1. The second kappa shape index (κ2) is 9.29. The van der Waals surface area contributed by atoms with E-state index in [1.165, 1.54) is 22.5 Å². The number of nitrogens with one attached hydrogen (secondary N) is 1. The number of halogens is 2. The molecule has 6 nitrogen and oxygen atoms in total. The van der Waals surface area contributed by atoms with E-state index in [4.69, 9.17) is 0 Å². The van der Waals surface area contributed by atoms with Crippen LogP contribution in [0.3, 0.4) is 0 Å². The zero-order chi connectivity index (χ0) is 23.6. The Kier molecular flexibility index (Phi) is 6.44. The van der Waals surface area contributed by atoms with Gasteiger partial charge in [-0.1, -0.05) is 18.2 Å². The Bertz CT molecular complexity index is 1270. The van der Waals surface area contributed by atoms with Gasteiger partial charge in [0, 0.05) is 43.1 Å². The molecule has 4 rings (SSSR count). The number of aryl methyl sites for hydroxylation is 1. The van der Waals surface area contributed by atoms with Gasteiger partial charge in [-0.2, -0.15) is 4.31 Å². The van der Waals surface area contributed by atoms with Gasteiger partial charge in [0.05, 0.1) is 0 Å². The largest absolute Gasteiger partial charge is 0.369 e. The predicted molar refractivity (Wildman–Crippen MR) is 123 cm³/mol. The fourth-order valence-electron chi connectivity index (χ4n) is 3.73. The molecule has 1 aliphatic heterocycles. The summed E-state index contributed by atoms with van der Waals surface area (Å²) in [5.41, 5.74) is 2.27. The molecule has 1 N–H and O–H groups in total. The first kappa shape index (κ1) is 22.9. The molecule has 0 aromatic heterocycles. The van der Waals surface area contributed by atoms with E-state index in [-0.39, 0.29) is 24.5 Å². The SMILES string of the molecule is Cc1ccccc1NC(=O)c1ccc(F)c(S(=O)(=O)N2CCN(c3ccc(F)cc3)CC2)c1. The molecule has 1 saturated heterocycles. The summed E-state index contributed by atoms with van der Waals surface area (Å²) in [5, 5.41) is 2.73. The van der Waals surface area contributed by atoms with Gasteiger partial charge in [-0.05, 0) is 61.0 Å². The van der Waals surface area contributed by atoms with Crippen molar-refractivity contribution in [1.82, 2.24) is 4.31 Å². The van der Waals surface area contributed by atoms with E-state index in [0.717, 1.165) is 23.4 Å². The minimum Gasteiger partial charge on any atom is -0.369 e. The molecule has 0 aliphatic carbocycles. The van der Waals surface area contributed by atoms with Crippen LogP contribution in [0.15, 0.2) is 71.6 Å². The summed E-state index contributed by atoms with van der Waals surface area (Å²) in [5.74, 6) is -1.79. The third-order valence-corrected chi connectivity index (χ3v) is 7.55. The highest BCUT2D eigenvalue weighted by Crippen LogP contribution is 2.25. The van der Waals surface area contributed by atoms with Crippen LogP contribution >= 0.6 is 0 Å². The third-order valence-electron chi connectivity index (χ3n) is 5.63. The summed E-state index contributed by atoms with van der Waals surface area (Å²) in [6.07, 6.45) is 0. The summed E-state index contributed by atoms with van der Waals surface area (Å²) in [6.45, 7) is 2.86. The number of anilines is 2. The Balaban J connectivity index is 1.51. The van der Waals surface area contributed by atoms with Crippen LogP contribution in [0.1, 0.15) is 15.9 Å². The van der Waals surface area contributed by atoms with Crippen LogP contribution in [-0.4, -0.2) is 44.8 Å². The van der Waals surface area contributed by atoms with Gasteiger partial charge >= 0.3 is 0 Å². The average Bonchev–Trinajstić information content (AvgIpc) is 2.81. The molecule has 3 aromatic rings. The Labute approximate surface area is 191 Å². The molecule has 0 atom stereocenters. The summed E-state index contributed by atoms with van der Waals surface area (Å²) in [6, 6.07) is 16.5. The molecule has 0 saturated carbocycles. The first-order valence-electron chi connectivity index (χ1n) is 10.4. The van der Waals surface area contributed by atoms with Crippen molar-refractivity contribution in [3.63, 3.8) is 0 Å². The van der Waals surface area contributed by atoms with E-state index in [9.17, 15) is 22.0 Å². The molecule has 172 valence electrons. The van der Waals surface area contributed by atoms with Crippen LogP contribution in [0.5, 0.6) is 0 Å². The van der Waals surface area contributed by atoms with Gasteiger partial charge in [0.1, 0.15) is 16.5 Å². The van der Waals surface area contributed by atoms with Gasteiger partial charge in [0.25, 0.3) is 5.91 Å². The lowest BCUT2D eigenvalue weighted by molar-refractivity contribution is 0.102. The molecule has 9 heteroatoms. The number of para-hydroxylation sites is 1. The van der Waals surface area contributed by atoms with Crippen molar-refractivity contribution in [2.24, 2.45) is 0 Å². The predicted octanol–water partition coefficient (Wildman–Crippen LogP) is 4.04. The number of piperazine rings is 1. The van der Waals surface area contributed by atoms with Crippen molar-refractivity contribution < 1.29 is 22.0 Å². The third kappa shape index (κ3) is 4.89. The Morgan fingerprint density at radius 1 is 0.909 bits per heavy atom. The number of rotatable bonds is 5. The number of nitrogens with zero attached hydrogens (tertiary/aromatic N) is 2. The first-order chi connectivity index (χ1) is 15.8. The van der Waals surface area contributed by atoms with Gasteiger partial charge in [-0.25, -0.2) is 17.2 Å². The smallest absolute Gasteiger partial charge is 0.255 e. The summed E-state index contributed by atoms with van der Waals surface area (Å²) >= 11 is 0. The molecule has 0 radical (unpaired) electrons. The lowest BCUT2D eigenvalue weighted by Gasteiger charge is -2.35. The van der Waals surface area contributed by atoms with Crippen molar-refractivity contribution in [2.75, 3.05) is 36.4 Å². The normalized spacial score (nSPS) is 14.8. The van der Waals surface area contributed by atoms with Crippen molar-refractivity contribution in [3.8, 4) is 0 Å². The van der Waals surface area contributed by atoms with E-state index >= 15 is 0 Å². The van der Waals surface area contributed by atoms with Crippen LogP contribution in [0.2, 0.25) is 0 Å². The monoisotopic (exact) mass is 471 g/mol. The second-order valence-electron chi connectivity index (χ2n) is 7.78. The summed E-state index contributed by atoms with van der Waals surface area (Å²) < 4.78 is 55.3. The molecule has 0 spiro atoms. The molecule has 0 unspecified atom stereocenters. The molecule has 1 amide bonds. The van der Waals surface area contributed by atoms with Gasteiger partial charge in [0.2, 0.25) is 10.0 Å². The average molecular weight is 472 g/mol. The van der Waals surface area contributed by atoms with E-state index in [1.807, 2.05) is 24.0 Å². The Morgan fingerprint density at radius 2 is 1.58 bits per heavy atom. The minimum absolute atomic E-state index is 0.0446. The number of amides is 1. The number of benzene rings is 3. The first-order valence-corrected chi connectivity index (χ1v) is 11.9. The second-order valence-corrected chi connectivity index (χ2v) is 9.69. The zero-order valence-corrected chi connectivity index (χ0v) is 18.8. The topological polar surface area (TPSA) is 69.7 Å². The molecule has 1 aliphatic rings. The maximum Gasteiger partial charge on any atom is 0.255 e. The molecule has 3 aromatic carbocycles. The molecular formula is C24H23F2N3O3S. The van der Waals surface area contributed by atoms with Crippen LogP contribution in [0.4, 0.5) is 20.2 Å². The maximum absolute atomic E-state index is 14.6. The van der Waals surface area contributed by atoms with Gasteiger partial charge < -0.3 is 10.2 Å². The van der Waals surface area contributed by atoms with Crippen molar-refractivity contribution >= 4 is 27.3 Å². The zero-order valence-electron chi connectivity index (χ0n) is 18.0. The highest BCUT2D eigenvalue weighted by Gasteiger charge is 2.31. The maximum atomic E-state index is 14.6. The highest BCUT2D eigenvalue weighted by molar-refractivity contribution is 7.89. The minimum atomic E-state index is -4.15. The number of carbonyl (C=O) groups is 1. The molecule has 0 bridgehead atoms. The Morgan fingerprint density at radius 3 is 2.24 bits per heavy atom. The van der Waals surface area contributed by atoms with Crippen LogP contribution in [-0.2, 0) is 10.0 Å². The van der Waals surface area contributed by atoms with E-state index < -0.39 is 26.6 Å². The molecule has 33 heavy (non-hydrogen) atoms. The van der Waals surface area contributed by atoms with Crippen molar-refractivity contribution in [2.45, 2.75) is 11.8 Å². The summed E-state index contributed by atoms with van der Waals surface area (Å²) in [7, 11) is -4.15. The van der Waals surface area contributed by atoms with E-state index in [1.54, 1.807) is 24.3 Å². The van der Waals surface area contributed by atoms with Crippen molar-refractivity contribution in [3.05, 3.63) is 89.5 Å². The fraction of sp³-hybridized carbons (Fsp3) is 0.208. The van der Waals surface area contributed by atoms with Crippen LogP contribution in [0.25, 0.3) is 0 Å². The standard InChI is InChI=1S/C24H23F2N3O3S/c1-17-4-2-3-5-22(17)27-24(30)18-6-11-21(26)23(16-18)33(31,32)29-14-12-28(13-15-29)20-9-7-19(25)8-10-20/h2-11,16H,12-15H2,1H3,(H,27,30). The quantitative estimate of drug-likeness (QED) is 0.610. The van der Waals surface area contributed by atoms with E-state index in [0.29, 0.717) is 18.8 Å². The highest BCUT2D eigenvalue weighted by atomic mass is 32.2. The number of sulfonamides is 1. The number of hydrogen-bond donors (Lipinski definition) is 1. The summed E-state index contributed by atoms with van der Waals surface area (Å²) in [4.78, 5) is 14.1. The van der Waals surface area contributed by atoms with Gasteiger partial charge in [-0.3, -0.25) is 4.79 Å². The van der Waals surface area contributed by atoms with Gasteiger partial charge in [0.15, 0.2) is 0 Å². The Hall–Kier alpha value is -3.30. The fourth-order valence-corrected chi connectivity index (χ4v) is 5.24. The molecule has 1 fully saturated rings. The lowest BCUT2D eigenvalue weighted by atomic mass is 10.1. The van der Waals surface area contributed by atoms with Crippen molar-refractivity contribution in [1.29, 1.82) is 0 Å². The van der Waals surface area contributed by atoms with Gasteiger partial charge in [-0.15, -0.1) is 0 Å². The van der Waals surface area contributed by atoms with Crippen LogP contribution in [0, 0.1) is 18.6 Å². The molecule has 1 heterocycles. The molecular weight excluding hydrogens is 448 g/mol. The van der Waals surface area contributed by atoms with E-state index in [2.05, 4.69) is 5.32 Å².